The molecule has 2 amide bonds. The molecule has 0 unspecified atom stereocenters. The normalized spacial score (nSPS) is 16.8. The number of carbonyl (C=O) groups excluding carboxylic acids is 2. The highest BCUT2D eigenvalue weighted by atomic mass is 16.2. The second kappa shape index (κ2) is 8.43. The maximum absolute atomic E-state index is 12.6. The Hall–Kier alpha value is -2.95. The van der Waals surface area contributed by atoms with E-state index in [0.29, 0.717) is 6.54 Å². The smallest absolute Gasteiger partial charge is 0.247 e. The third kappa shape index (κ3) is 4.57. The summed E-state index contributed by atoms with van der Waals surface area (Å²) in [5.74, 6) is -0.0488. The molecule has 134 valence electrons. The quantitative estimate of drug-likeness (QED) is 0.844. The molecule has 0 radical (unpaired) electrons. The van der Waals surface area contributed by atoms with E-state index < -0.39 is 0 Å². The van der Waals surface area contributed by atoms with Gasteiger partial charge in [0.05, 0.1) is 11.7 Å². The van der Waals surface area contributed by atoms with E-state index in [1.807, 2.05) is 53.4 Å². The van der Waals surface area contributed by atoms with Crippen molar-refractivity contribution in [2.45, 2.75) is 32.4 Å². The first kappa shape index (κ1) is 17.9. The van der Waals surface area contributed by atoms with Gasteiger partial charge in [0.25, 0.3) is 0 Å². The number of amides is 2. The molecule has 1 aromatic carbocycles. The molecule has 26 heavy (non-hydrogen) atoms. The first-order valence-electron chi connectivity index (χ1n) is 8.86. The zero-order chi connectivity index (χ0) is 18.4. The standard InChI is InChI=1S/C21H23N3O2/c1-16(25)22-14-18-9-11-19(23-15-18)20-8-5-13-24(20)21(26)12-10-17-6-3-2-4-7-17/h2-4,6-7,9-12,15,20H,5,8,13-14H2,1H3,(H,22,25)/b12-10+/t20-/m1/s1. The summed E-state index contributed by atoms with van der Waals surface area (Å²) in [5.41, 5.74) is 2.86. The second-order valence-corrected chi connectivity index (χ2v) is 6.43. The highest BCUT2D eigenvalue weighted by molar-refractivity contribution is 5.92. The Balaban J connectivity index is 1.66. The summed E-state index contributed by atoms with van der Waals surface area (Å²) in [7, 11) is 0. The Labute approximate surface area is 153 Å². The number of hydrogen-bond acceptors (Lipinski definition) is 3. The van der Waals surface area contributed by atoms with E-state index in [-0.39, 0.29) is 17.9 Å². The van der Waals surface area contributed by atoms with Crippen LogP contribution in [0.5, 0.6) is 0 Å². The zero-order valence-electron chi connectivity index (χ0n) is 14.9. The fraction of sp³-hybridized carbons (Fsp3) is 0.286. The van der Waals surface area contributed by atoms with E-state index in [1.165, 1.54) is 6.92 Å². The van der Waals surface area contributed by atoms with Crippen LogP contribution in [-0.2, 0) is 16.1 Å². The molecule has 2 heterocycles. The molecule has 5 heteroatoms. The Kier molecular flexibility index (Phi) is 5.79. The van der Waals surface area contributed by atoms with E-state index in [1.54, 1.807) is 12.3 Å². The maximum Gasteiger partial charge on any atom is 0.247 e. The van der Waals surface area contributed by atoms with Crippen molar-refractivity contribution in [3.8, 4) is 0 Å². The van der Waals surface area contributed by atoms with E-state index >= 15 is 0 Å². The lowest BCUT2D eigenvalue weighted by Gasteiger charge is -2.23. The number of nitrogens with one attached hydrogen (secondary N) is 1. The number of nitrogens with zero attached hydrogens (tertiary/aromatic N) is 2. The largest absolute Gasteiger partial charge is 0.352 e. The summed E-state index contributed by atoms with van der Waals surface area (Å²) >= 11 is 0. The fourth-order valence-corrected chi connectivity index (χ4v) is 3.13. The Morgan fingerprint density at radius 3 is 2.73 bits per heavy atom. The van der Waals surface area contributed by atoms with E-state index in [2.05, 4.69) is 10.3 Å². The third-order valence-corrected chi connectivity index (χ3v) is 4.48. The summed E-state index contributed by atoms with van der Waals surface area (Å²) in [5, 5.41) is 2.76. The van der Waals surface area contributed by atoms with Crippen LogP contribution in [0.4, 0.5) is 0 Å². The van der Waals surface area contributed by atoms with Crippen LogP contribution < -0.4 is 5.32 Å². The number of hydrogen-bond donors (Lipinski definition) is 1. The van der Waals surface area contributed by atoms with Crippen LogP contribution in [0.25, 0.3) is 6.08 Å². The van der Waals surface area contributed by atoms with Gasteiger partial charge >= 0.3 is 0 Å². The van der Waals surface area contributed by atoms with Gasteiger partial charge in [0.1, 0.15) is 0 Å². The minimum Gasteiger partial charge on any atom is -0.352 e. The molecule has 1 atom stereocenters. The average Bonchev–Trinajstić information content (AvgIpc) is 3.15. The molecule has 1 saturated heterocycles. The van der Waals surface area contributed by atoms with Gasteiger partial charge in [-0.1, -0.05) is 36.4 Å². The highest BCUT2D eigenvalue weighted by Gasteiger charge is 2.29. The van der Waals surface area contributed by atoms with Crippen molar-refractivity contribution in [3.05, 3.63) is 71.6 Å². The first-order chi connectivity index (χ1) is 12.6. The van der Waals surface area contributed by atoms with Gasteiger partial charge < -0.3 is 10.2 Å². The van der Waals surface area contributed by atoms with E-state index in [9.17, 15) is 9.59 Å². The molecule has 1 aliphatic heterocycles. The third-order valence-electron chi connectivity index (χ3n) is 4.48. The number of rotatable bonds is 5. The predicted molar refractivity (Wildman–Crippen MR) is 101 cm³/mol. The molecule has 1 fully saturated rings. The van der Waals surface area contributed by atoms with Gasteiger partial charge in [0, 0.05) is 32.3 Å². The van der Waals surface area contributed by atoms with Gasteiger partial charge in [-0.2, -0.15) is 0 Å². The Morgan fingerprint density at radius 1 is 1.23 bits per heavy atom. The molecule has 0 bridgehead atoms. The van der Waals surface area contributed by atoms with Crippen LogP contribution >= 0.6 is 0 Å². The molecular formula is C21H23N3O2. The first-order valence-corrected chi connectivity index (χ1v) is 8.86. The van der Waals surface area contributed by atoms with Crippen molar-refractivity contribution in [2.75, 3.05) is 6.54 Å². The van der Waals surface area contributed by atoms with Crippen LogP contribution in [0.15, 0.2) is 54.7 Å². The lowest BCUT2D eigenvalue weighted by molar-refractivity contribution is -0.127. The lowest BCUT2D eigenvalue weighted by atomic mass is 10.1. The summed E-state index contributed by atoms with van der Waals surface area (Å²) in [6.07, 6.45) is 7.15. The SMILES string of the molecule is CC(=O)NCc1ccc([C@H]2CCCN2C(=O)/C=C/c2ccccc2)nc1. The van der Waals surface area contributed by atoms with Crippen LogP contribution in [0.2, 0.25) is 0 Å². The van der Waals surface area contributed by atoms with Crippen LogP contribution in [0.3, 0.4) is 0 Å². The Bertz CT molecular complexity index is 785. The fourth-order valence-electron chi connectivity index (χ4n) is 3.13. The summed E-state index contributed by atoms with van der Waals surface area (Å²) in [6, 6.07) is 13.7. The van der Waals surface area contributed by atoms with Gasteiger partial charge in [-0.05, 0) is 36.1 Å². The molecule has 0 aliphatic carbocycles. The monoisotopic (exact) mass is 349 g/mol. The van der Waals surface area contributed by atoms with Gasteiger partial charge in [0.2, 0.25) is 11.8 Å². The topological polar surface area (TPSA) is 62.3 Å². The minimum atomic E-state index is -0.0631. The number of likely N-dealkylation sites (tertiary alicyclic amines) is 1. The predicted octanol–water partition coefficient (Wildman–Crippen LogP) is 3.09. The zero-order valence-corrected chi connectivity index (χ0v) is 14.9. The lowest BCUT2D eigenvalue weighted by Crippen LogP contribution is -2.29. The van der Waals surface area contributed by atoms with E-state index in [4.69, 9.17) is 0 Å². The van der Waals surface area contributed by atoms with Gasteiger partial charge in [-0.3, -0.25) is 14.6 Å². The molecule has 1 N–H and O–H groups in total. The maximum atomic E-state index is 12.6. The van der Waals surface area contributed by atoms with Gasteiger partial charge in [-0.25, -0.2) is 0 Å². The molecule has 5 nitrogen and oxygen atoms in total. The minimum absolute atomic E-state index is 0.0118. The number of pyridine rings is 1. The van der Waals surface area contributed by atoms with Crippen molar-refractivity contribution in [3.63, 3.8) is 0 Å². The van der Waals surface area contributed by atoms with Gasteiger partial charge in [0.15, 0.2) is 0 Å². The van der Waals surface area contributed by atoms with Crippen molar-refractivity contribution in [2.24, 2.45) is 0 Å². The Morgan fingerprint density at radius 2 is 2.04 bits per heavy atom. The van der Waals surface area contributed by atoms with Crippen LogP contribution in [0.1, 0.15) is 42.6 Å². The molecular weight excluding hydrogens is 326 g/mol. The van der Waals surface area contributed by atoms with E-state index in [0.717, 1.165) is 36.2 Å². The molecule has 0 saturated carbocycles. The number of benzene rings is 1. The number of carbonyl (C=O) groups is 2. The summed E-state index contributed by atoms with van der Waals surface area (Å²) in [4.78, 5) is 30.0. The van der Waals surface area contributed by atoms with Crippen LogP contribution in [0, 0.1) is 0 Å². The summed E-state index contributed by atoms with van der Waals surface area (Å²) in [6.45, 7) is 2.71. The molecule has 1 aliphatic rings. The van der Waals surface area contributed by atoms with Crippen molar-refractivity contribution in [1.29, 1.82) is 0 Å². The van der Waals surface area contributed by atoms with Crippen LogP contribution in [-0.4, -0.2) is 28.2 Å². The molecule has 0 spiro atoms. The summed E-state index contributed by atoms with van der Waals surface area (Å²) < 4.78 is 0. The molecule has 1 aromatic heterocycles. The average molecular weight is 349 g/mol. The molecule has 2 aromatic rings. The highest BCUT2D eigenvalue weighted by Crippen LogP contribution is 2.31. The molecule has 3 rings (SSSR count). The van der Waals surface area contributed by atoms with Gasteiger partial charge in [-0.15, -0.1) is 0 Å². The van der Waals surface area contributed by atoms with Crippen molar-refractivity contribution < 1.29 is 9.59 Å². The van der Waals surface area contributed by atoms with Crippen molar-refractivity contribution in [1.82, 2.24) is 15.2 Å². The second-order valence-electron chi connectivity index (χ2n) is 6.43. The van der Waals surface area contributed by atoms with Crippen molar-refractivity contribution >= 4 is 17.9 Å². The number of aromatic nitrogens is 1.